The molecule has 0 spiro atoms. The number of thiazole rings is 1. The van der Waals surface area contributed by atoms with E-state index in [2.05, 4.69) is 20.3 Å². The van der Waals surface area contributed by atoms with Crippen molar-refractivity contribution in [1.82, 2.24) is 9.71 Å². The highest BCUT2D eigenvalue weighted by Crippen LogP contribution is 2.33. The van der Waals surface area contributed by atoms with Crippen LogP contribution in [0.1, 0.15) is 41.7 Å². The molecule has 0 atom stereocenters. The van der Waals surface area contributed by atoms with Gasteiger partial charge in [-0.3, -0.25) is 19.7 Å². The number of ether oxygens (including phenoxy) is 1. The van der Waals surface area contributed by atoms with Crippen molar-refractivity contribution in [1.29, 1.82) is 0 Å². The second kappa shape index (κ2) is 11.3. The van der Waals surface area contributed by atoms with Crippen LogP contribution in [0.5, 0.6) is 5.75 Å². The number of Topliss-reactive ketones (excluding diaryl/α,β-unsaturated/α-hetero) is 1. The van der Waals surface area contributed by atoms with Crippen molar-refractivity contribution in [2.24, 2.45) is 5.92 Å². The third kappa shape index (κ3) is 6.78. The van der Waals surface area contributed by atoms with Crippen LogP contribution in [-0.2, 0) is 26.2 Å². The number of aromatic nitrogens is 1. The zero-order valence-electron chi connectivity index (χ0n) is 19.0. The number of hydrogen-bond donors (Lipinski definition) is 3. The molecule has 0 radical (unpaired) electrons. The molecule has 0 bridgehead atoms. The van der Waals surface area contributed by atoms with E-state index in [4.69, 9.17) is 4.74 Å². The third-order valence-corrected chi connectivity index (χ3v) is 8.07. The standard InChI is InChI=1S/C21H26N4O6S3/c1-31-13-8-9-15(14(10-13)17(26)12-6-4-5-7-12)23-18(27)19(28)25-21-24-16(20(32-2)33-21)11-22-34(3,29)30/h8-10,12,22H,4-7,11H2,1-3H3,(H,23,27)(H,24,25,28). The number of carbonyl (C=O) groups excluding carboxylic acids is 3. The van der Waals surface area contributed by atoms with Gasteiger partial charge in [-0.1, -0.05) is 24.2 Å². The molecule has 0 unspecified atom stereocenters. The van der Waals surface area contributed by atoms with Crippen molar-refractivity contribution in [2.45, 2.75) is 36.4 Å². The summed E-state index contributed by atoms with van der Waals surface area (Å²) in [6.07, 6.45) is 6.39. The minimum absolute atomic E-state index is 0.0357. The van der Waals surface area contributed by atoms with Crippen molar-refractivity contribution in [2.75, 3.05) is 30.3 Å². The molecule has 2 aromatic rings. The van der Waals surface area contributed by atoms with Gasteiger partial charge in [0.15, 0.2) is 10.9 Å². The third-order valence-electron chi connectivity index (χ3n) is 5.24. The Bertz CT molecular complexity index is 1190. The molecule has 10 nitrogen and oxygen atoms in total. The molecule has 0 aliphatic heterocycles. The zero-order valence-corrected chi connectivity index (χ0v) is 21.4. The zero-order chi connectivity index (χ0) is 24.9. The molecule has 1 aliphatic rings. The first-order chi connectivity index (χ1) is 16.1. The van der Waals surface area contributed by atoms with Gasteiger partial charge in [-0.05, 0) is 37.3 Å². The van der Waals surface area contributed by atoms with Gasteiger partial charge in [0.25, 0.3) is 0 Å². The largest absolute Gasteiger partial charge is 0.497 e. The van der Waals surface area contributed by atoms with Crippen LogP contribution in [0.15, 0.2) is 22.4 Å². The maximum absolute atomic E-state index is 13.0. The fraction of sp³-hybridized carbons (Fsp3) is 0.429. The molecule has 184 valence electrons. The predicted octanol–water partition coefficient (Wildman–Crippen LogP) is 2.87. The number of sulfonamides is 1. The van der Waals surface area contributed by atoms with Crippen molar-refractivity contribution in [3.63, 3.8) is 0 Å². The summed E-state index contributed by atoms with van der Waals surface area (Å²) in [6, 6.07) is 4.71. The lowest BCUT2D eigenvalue weighted by Gasteiger charge is -2.14. The van der Waals surface area contributed by atoms with E-state index in [1.807, 2.05) is 0 Å². The number of hydrogen-bond acceptors (Lipinski definition) is 9. The quantitative estimate of drug-likeness (QED) is 0.257. The maximum Gasteiger partial charge on any atom is 0.315 e. The number of nitrogens with one attached hydrogen (secondary N) is 3. The molecule has 1 aliphatic carbocycles. The number of rotatable bonds is 9. The fourth-order valence-electron chi connectivity index (χ4n) is 3.57. The van der Waals surface area contributed by atoms with Crippen LogP contribution in [-0.4, -0.2) is 50.6 Å². The van der Waals surface area contributed by atoms with Crippen LogP contribution in [0.3, 0.4) is 0 Å². The summed E-state index contributed by atoms with van der Waals surface area (Å²) < 4.78 is 31.0. The van der Waals surface area contributed by atoms with Gasteiger partial charge in [0.2, 0.25) is 10.0 Å². The molecular formula is C21H26N4O6S3. The van der Waals surface area contributed by atoms with Crippen LogP contribution < -0.4 is 20.1 Å². The van der Waals surface area contributed by atoms with Crippen LogP contribution in [0.2, 0.25) is 0 Å². The Hall–Kier alpha value is -2.48. The number of methoxy groups -OCH3 is 1. The highest BCUT2D eigenvalue weighted by Gasteiger charge is 2.27. The molecule has 2 amide bonds. The molecular weight excluding hydrogens is 500 g/mol. The van der Waals surface area contributed by atoms with Gasteiger partial charge in [-0.25, -0.2) is 18.1 Å². The molecule has 0 saturated heterocycles. The van der Waals surface area contributed by atoms with Crippen LogP contribution in [0.4, 0.5) is 10.8 Å². The van der Waals surface area contributed by atoms with Gasteiger partial charge in [-0.15, -0.1) is 11.8 Å². The molecule has 3 N–H and O–H groups in total. The highest BCUT2D eigenvalue weighted by atomic mass is 32.2. The van der Waals surface area contributed by atoms with E-state index in [-0.39, 0.29) is 29.1 Å². The summed E-state index contributed by atoms with van der Waals surface area (Å²) >= 11 is 2.47. The predicted molar refractivity (Wildman–Crippen MR) is 132 cm³/mol. The Balaban J connectivity index is 1.73. The first-order valence-corrected chi connectivity index (χ1v) is 14.4. The molecule has 1 aromatic heterocycles. The van der Waals surface area contributed by atoms with Gasteiger partial charge in [0, 0.05) is 11.5 Å². The SMILES string of the molecule is COc1ccc(NC(=O)C(=O)Nc2nc(CNS(C)(=O)=O)c(SC)s2)c(C(=O)C2CCCC2)c1. The number of benzene rings is 1. The van der Waals surface area contributed by atoms with E-state index in [1.54, 1.807) is 18.4 Å². The molecule has 34 heavy (non-hydrogen) atoms. The summed E-state index contributed by atoms with van der Waals surface area (Å²) in [5.41, 5.74) is 0.985. The Labute approximate surface area is 206 Å². The Kier molecular flexibility index (Phi) is 8.68. The van der Waals surface area contributed by atoms with Crippen molar-refractivity contribution in [3.05, 3.63) is 29.5 Å². The van der Waals surface area contributed by atoms with Gasteiger partial charge in [0.05, 0.1) is 35.5 Å². The Morgan fingerprint density at radius 1 is 1.18 bits per heavy atom. The van der Waals surface area contributed by atoms with Crippen molar-refractivity contribution in [3.8, 4) is 5.75 Å². The fourth-order valence-corrected chi connectivity index (χ4v) is 5.60. The lowest BCUT2D eigenvalue weighted by Crippen LogP contribution is -2.30. The van der Waals surface area contributed by atoms with Gasteiger partial charge in [-0.2, -0.15) is 0 Å². The van der Waals surface area contributed by atoms with Crippen molar-refractivity contribution >= 4 is 61.5 Å². The first kappa shape index (κ1) is 26.1. The number of thioether (sulfide) groups is 1. The van der Waals surface area contributed by atoms with Crippen molar-refractivity contribution < 1.29 is 27.5 Å². The lowest BCUT2D eigenvalue weighted by molar-refractivity contribution is -0.133. The van der Waals surface area contributed by atoms with Gasteiger partial charge >= 0.3 is 11.8 Å². The average molecular weight is 527 g/mol. The summed E-state index contributed by atoms with van der Waals surface area (Å²) in [5, 5.41) is 5.12. The molecule has 1 saturated carbocycles. The van der Waals surface area contributed by atoms with E-state index in [0.29, 0.717) is 21.2 Å². The number of nitrogens with zero attached hydrogens (tertiary/aromatic N) is 1. The number of carbonyl (C=O) groups is 3. The summed E-state index contributed by atoms with van der Waals surface area (Å²) in [7, 11) is -1.93. The maximum atomic E-state index is 13.0. The smallest absolute Gasteiger partial charge is 0.315 e. The van der Waals surface area contributed by atoms with E-state index in [9.17, 15) is 22.8 Å². The molecule has 1 aromatic carbocycles. The Morgan fingerprint density at radius 3 is 2.47 bits per heavy atom. The highest BCUT2D eigenvalue weighted by molar-refractivity contribution is 8.00. The van der Waals surface area contributed by atoms with Gasteiger partial charge in [0.1, 0.15) is 5.75 Å². The minimum atomic E-state index is -3.41. The van der Waals surface area contributed by atoms with E-state index < -0.39 is 21.8 Å². The van der Waals surface area contributed by atoms with Gasteiger partial charge < -0.3 is 10.1 Å². The lowest BCUT2D eigenvalue weighted by atomic mass is 9.95. The minimum Gasteiger partial charge on any atom is -0.497 e. The molecule has 1 fully saturated rings. The normalized spacial score (nSPS) is 14.1. The number of anilines is 2. The molecule has 1 heterocycles. The average Bonchev–Trinajstić information content (AvgIpc) is 3.47. The first-order valence-electron chi connectivity index (χ1n) is 10.4. The molecule has 13 heteroatoms. The summed E-state index contributed by atoms with van der Waals surface area (Å²) in [4.78, 5) is 42.4. The van der Waals surface area contributed by atoms with E-state index in [1.165, 1.54) is 24.9 Å². The van der Waals surface area contributed by atoms with Crippen LogP contribution in [0, 0.1) is 5.92 Å². The molecule has 3 rings (SSSR count). The van der Waals surface area contributed by atoms with Crippen LogP contribution in [0.25, 0.3) is 0 Å². The number of ketones is 1. The van der Waals surface area contributed by atoms with E-state index >= 15 is 0 Å². The monoisotopic (exact) mass is 526 g/mol. The summed E-state index contributed by atoms with van der Waals surface area (Å²) in [6.45, 7) is -0.0357. The topological polar surface area (TPSA) is 144 Å². The second-order valence-corrected chi connectivity index (χ2v) is 11.6. The van der Waals surface area contributed by atoms with E-state index in [0.717, 1.165) is 43.3 Å². The summed E-state index contributed by atoms with van der Waals surface area (Å²) in [5.74, 6) is -1.64. The van der Waals surface area contributed by atoms with Crippen LogP contribution >= 0.6 is 23.1 Å². The second-order valence-electron chi connectivity index (χ2n) is 7.72. The Morgan fingerprint density at radius 2 is 1.85 bits per heavy atom. The number of amides is 2.